The van der Waals surface area contributed by atoms with Gasteiger partial charge in [-0.05, 0) is 76.8 Å². The van der Waals surface area contributed by atoms with Gasteiger partial charge in [0.25, 0.3) is 0 Å². The van der Waals surface area contributed by atoms with E-state index < -0.39 is 0 Å². The van der Waals surface area contributed by atoms with Gasteiger partial charge in [-0.1, -0.05) is 13.0 Å². The zero-order valence-electron chi connectivity index (χ0n) is 13.2. The molecule has 1 N–H and O–H groups in total. The van der Waals surface area contributed by atoms with E-state index in [0.717, 1.165) is 18.9 Å². The van der Waals surface area contributed by atoms with Crippen molar-refractivity contribution in [1.29, 1.82) is 0 Å². The van der Waals surface area contributed by atoms with Crippen LogP contribution in [-0.4, -0.2) is 41.6 Å². The molecule has 3 nitrogen and oxygen atoms in total. The summed E-state index contributed by atoms with van der Waals surface area (Å²) in [4.78, 5) is 6.89. The SMILES string of the molecule is CCNCC1CCN(C(C)(C)Cc2cccnc2)CC1. The second-order valence-electron chi connectivity index (χ2n) is 6.59. The molecule has 0 radical (unpaired) electrons. The average molecular weight is 275 g/mol. The summed E-state index contributed by atoms with van der Waals surface area (Å²) in [6.07, 6.45) is 7.58. The maximum atomic E-state index is 4.23. The van der Waals surface area contributed by atoms with Gasteiger partial charge < -0.3 is 5.32 Å². The molecule has 1 aliphatic rings. The van der Waals surface area contributed by atoms with Gasteiger partial charge in [0.05, 0.1) is 0 Å². The number of likely N-dealkylation sites (tertiary alicyclic amines) is 1. The third kappa shape index (κ3) is 4.29. The van der Waals surface area contributed by atoms with E-state index in [2.05, 4.69) is 42.0 Å². The fourth-order valence-electron chi connectivity index (χ4n) is 3.20. The van der Waals surface area contributed by atoms with Crippen LogP contribution in [0.2, 0.25) is 0 Å². The summed E-state index contributed by atoms with van der Waals surface area (Å²) in [5.41, 5.74) is 1.57. The molecule has 2 heterocycles. The van der Waals surface area contributed by atoms with Gasteiger partial charge in [-0.3, -0.25) is 9.88 Å². The van der Waals surface area contributed by atoms with Crippen LogP contribution < -0.4 is 5.32 Å². The van der Waals surface area contributed by atoms with Crippen molar-refractivity contribution in [2.24, 2.45) is 5.92 Å². The molecule has 20 heavy (non-hydrogen) atoms. The van der Waals surface area contributed by atoms with Crippen molar-refractivity contribution in [1.82, 2.24) is 15.2 Å². The Morgan fingerprint density at radius 2 is 2.10 bits per heavy atom. The first-order chi connectivity index (χ1) is 9.62. The lowest BCUT2D eigenvalue weighted by Crippen LogP contribution is -2.50. The van der Waals surface area contributed by atoms with Crippen LogP contribution in [0.3, 0.4) is 0 Å². The molecule has 0 unspecified atom stereocenters. The molecule has 0 aliphatic carbocycles. The molecule has 1 fully saturated rings. The molecular formula is C17H29N3. The second-order valence-corrected chi connectivity index (χ2v) is 6.59. The van der Waals surface area contributed by atoms with E-state index in [1.165, 1.54) is 38.0 Å². The molecule has 1 aliphatic heterocycles. The predicted octanol–water partition coefficient (Wildman–Crippen LogP) is 2.72. The number of rotatable bonds is 6. The van der Waals surface area contributed by atoms with Crippen LogP contribution in [0.4, 0.5) is 0 Å². The molecule has 0 amide bonds. The summed E-state index contributed by atoms with van der Waals surface area (Å²) >= 11 is 0. The van der Waals surface area contributed by atoms with Crippen LogP contribution in [0.15, 0.2) is 24.5 Å². The van der Waals surface area contributed by atoms with E-state index in [1.54, 1.807) is 0 Å². The number of hydrogen-bond donors (Lipinski definition) is 1. The van der Waals surface area contributed by atoms with Crippen LogP contribution in [0, 0.1) is 5.92 Å². The first-order valence-electron chi connectivity index (χ1n) is 7.96. The van der Waals surface area contributed by atoms with Gasteiger partial charge in [0.1, 0.15) is 0 Å². The second kappa shape index (κ2) is 7.19. The Morgan fingerprint density at radius 1 is 1.35 bits per heavy atom. The van der Waals surface area contributed by atoms with Gasteiger partial charge in [0.15, 0.2) is 0 Å². The number of aromatic nitrogens is 1. The molecule has 0 saturated carbocycles. The first-order valence-corrected chi connectivity index (χ1v) is 7.96. The highest BCUT2D eigenvalue weighted by atomic mass is 15.2. The van der Waals surface area contributed by atoms with Crippen molar-refractivity contribution in [3.63, 3.8) is 0 Å². The number of hydrogen-bond acceptors (Lipinski definition) is 3. The van der Waals surface area contributed by atoms with Crippen molar-refractivity contribution in [2.45, 2.75) is 45.6 Å². The maximum absolute atomic E-state index is 4.23. The molecule has 0 bridgehead atoms. The predicted molar refractivity (Wildman–Crippen MR) is 84.9 cm³/mol. The fourth-order valence-corrected chi connectivity index (χ4v) is 3.20. The van der Waals surface area contributed by atoms with Gasteiger partial charge in [-0.2, -0.15) is 0 Å². The van der Waals surface area contributed by atoms with E-state index in [4.69, 9.17) is 0 Å². The molecule has 1 aromatic heterocycles. The van der Waals surface area contributed by atoms with E-state index in [1.807, 2.05) is 18.5 Å². The minimum atomic E-state index is 0.228. The van der Waals surface area contributed by atoms with Crippen molar-refractivity contribution in [2.75, 3.05) is 26.2 Å². The highest BCUT2D eigenvalue weighted by molar-refractivity contribution is 5.12. The van der Waals surface area contributed by atoms with Crippen molar-refractivity contribution in [3.05, 3.63) is 30.1 Å². The molecule has 1 aromatic rings. The lowest BCUT2D eigenvalue weighted by atomic mass is 9.88. The van der Waals surface area contributed by atoms with Crippen LogP contribution in [0.25, 0.3) is 0 Å². The van der Waals surface area contributed by atoms with Crippen LogP contribution in [0.5, 0.6) is 0 Å². The summed E-state index contributed by atoms with van der Waals surface area (Å²) in [6.45, 7) is 11.6. The van der Waals surface area contributed by atoms with Crippen LogP contribution in [0.1, 0.15) is 39.2 Å². The van der Waals surface area contributed by atoms with E-state index in [0.29, 0.717) is 0 Å². The van der Waals surface area contributed by atoms with E-state index >= 15 is 0 Å². The van der Waals surface area contributed by atoms with Crippen LogP contribution in [-0.2, 0) is 6.42 Å². The minimum absolute atomic E-state index is 0.228. The third-order valence-electron chi connectivity index (χ3n) is 4.51. The summed E-state index contributed by atoms with van der Waals surface area (Å²) in [6, 6.07) is 4.22. The number of piperidine rings is 1. The monoisotopic (exact) mass is 275 g/mol. The highest BCUT2D eigenvalue weighted by Gasteiger charge is 2.30. The molecule has 3 heteroatoms. The molecule has 1 saturated heterocycles. The fraction of sp³-hybridized carbons (Fsp3) is 0.706. The van der Waals surface area contributed by atoms with Gasteiger partial charge >= 0.3 is 0 Å². The summed E-state index contributed by atoms with van der Waals surface area (Å²) < 4.78 is 0. The zero-order valence-corrected chi connectivity index (χ0v) is 13.2. The standard InChI is InChI=1S/C17H29N3/c1-4-18-13-15-7-10-20(11-8-15)17(2,3)12-16-6-5-9-19-14-16/h5-6,9,14-15,18H,4,7-8,10-13H2,1-3H3. The van der Waals surface area contributed by atoms with Gasteiger partial charge in [0.2, 0.25) is 0 Å². The van der Waals surface area contributed by atoms with Gasteiger partial charge in [-0.25, -0.2) is 0 Å². The average Bonchev–Trinajstić information content (AvgIpc) is 2.46. The lowest BCUT2D eigenvalue weighted by Gasteiger charge is -2.43. The van der Waals surface area contributed by atoms with E-state index in [9.17, 15) is 0 Å². The minimum Gasteiger partial charge on any atom is -0.317 e. The molecule has 0 spiro atoms. The topological polar surface area (TPSA) is 28.2 Å². The maximum Gasteiger partial charge on any atom is 0.0300 e. The van der Waals surface area contributed by atoms with Gasteiger partial charge in [0, 0.05) is 17.9 Å². The summed E-state index contributed by atoms with van der Waals surface area (Å²) in [5.74, 6) is 0.861. The Kier molecular flexibility index (Phi) is 5.55. The lowest BCUT2D eigenvalue weighted by molar-refractivity contribution is 0.0746. The number of pyridine rings is 1. The number of nitrogens with one attached hydrogen (secondary N) is 1. The van der Waals surface area contributed by atoms with Crippen LogP contribution >= 0.6 is 0 Å². The smallest absolute Gasteiger partial charge is 0.0300 e. The molecule has 112 valence electrons. The molecule has 2 rings (SSSR count). The zero-order chi connectivity index (χ0) is 14.4. The Morgan fingerprint density at radius 3 is 2.70 bits per heavy atom. The highest BCUT2D eigenvalue weighted by Crippen LogP contribution is 2.26. The molecule has 0 atom stereocenters. The Bertz CT molecular complexity index is 380. The normalized spacial score (nSPS) is 18.4. The molecule has 0 aromatic carbocycles. The first kappa shape index (κ1) is 15.5. The number of nitrogens with zero attached hydrogens (tertiary/aromatic N) is 2. The largest absolute Gasteiger partial charge is 0.317 e. The Balaban J connectivity index is 1.85. The Hall–Kier alpha value is -0.930. The van der Waals surface area contributed by atoms with Gasteiger partial charge in [-0.15, -0.1) is 0 Å². The third-order valence-corrected chi connectivity index (χ3v) is 4.51. The van der Waals surface area contributed by atoms with Crippen molar-refractivity contribution < 1.29 is 0 Å². The Labute approximate surface area is 123 Å². The van der Waals surface area contributed by atoms with E-state index in [-0.39, 0.29) is 5.54 Å². The summed E-state index contributed by atoms with van der Waals surface area (Å²) in [7, 11) is 0. The molecular weight excluding hydrogens is 246 g/mol. The summed E-state index contributed by atoms with van der Waals surface area (Å²) in [5, 5.41) is 3.48. The van der Waals surface area contributed by atoms with Crippen molar-refractivity contribution in [3.8, 4) is 0 Å². The van der Waals surface area contributed by atoms with Crippen molar-refractivity contribution >= 4 is 0 Å². The quantitative estimate of drug-likeness (QED) is 0.865.